The highest BCUT2D eigenvalue weighted by atomic mass is 16.5. The second-order valence-corrected chi connectivity index (χ2v) is 7.61. The Morgan fingerprint density at radius 2 is 2.04 bits per heavy atom. The standard InChI is InChI=1S/C19H23N3O4/c1-19(2,3)18-20-16(26-21-18)13-8-4-5-9-14(13)17(25)22-10-6-7-12(22)11-15(23)24/h4-5,8-9,12H,6-7,10-11H2,1-3H3,(H,23,24). The molecule has 1 amide bonds. The fourth-order valence-corrected chi connectivity index (χ4v) is 3.17. The molecule has 1 aromatic heterocycles. The highest BCUT2D eigenvalue weighted by Gasteiger charge is 2.33. The van der Waals surface area contributed by atoms with Crippen LogP contribution < -0.4 is 0 Å². The number of hydrogen-bond donors (Lipinski definition) is 1. The molecule has 1 fully saturated rings. The summed E-state index contributed by atoms with van der Waals surface area (Å²) in [6, 6.07) is 6.80. The number of likely N-dealkylation sites (tertiary alicyclic amines) is 1. The highest BCUT2D eigenvalue weighted by Crippen LogP contribution is 2.29. The number of hydrogen-bond acceptors (Lipinski definition) is 5. The summed E-state index contributed by atoms with van der Waals surface area (Å²) in [5.41, 5.74) is 0.762. The molecule has 7 nitrogen and oxygen atoms in total. The van der Waals surface area contributed by atoms with Crippen LogP contribution in [0.2, 0.25) is 0 Å². The largest absolute Gasteiger partial charge is 0.481 e. The number of carboxylic acid groups (broad SMARTS) is 1. The molecule has 3 rings (SSSR count). The topological polar surface area (TPSA) is 96.5 Å². The predicted molar refractivity (Wildman–Crippen MR) is 94.7 cm³/mol. The van der Waals surface area contributed by atoms with Crippen LogP contribution in [-0.4, -0.2) is 44.6 Å². The number of benzene rings is 1. The average Bonchev–Trinajstić information content (AvgIpc) is 3.22. The number of aliphatic carboxylic acids is 1. The van der Waals surface area contributed by atoms with Crippen LogP contribution in [-0.2, 0) is 10.2 Å². The highest BCUT2D eigenvalue weighted by molar-refractivity contribution is 6.00. The first kappa shape index (κ1) is 18.1. The van der Waals surface area contributed by atoms with Gasteiger partial charge in [-0.3, -0.25) is 9.59 Å². The van der Waals surface area contributed by atoms with Crippen LogP contribution in [0, 0.1) is 0 Å². The number of aromatic nitrogens is 2. The van der Waals surface area contributed by atoms with E-state index in [1.54, 1.807) is 23.1 Å². The first-order chi connectivity index (χ1) is 12.3. The lowest BCUT2D eigenvalue weighted by atomic mass is 9.96. The maximum absolute atomic E-state index is 13.1. The third-order valence-corrected chi connectivity index (χ3v) is 4.53. The Balaban J connectivity index is 1.93. The fourth-order valence-electron chi connectivity index (χ4n) is 3.17. The average molecular weight is 357 g/mol. The lowest BCUT2D eigenvalue weighted by Crippen LogP contribution is -2.37. The fraction of sp³-hybridized carbons (Fsp3) is 0.474. The second-order valence-electron chi connectivity index (χ2n) is 7.61. The van der Waals surface area contributed by atoms with Gasteiger partial charge in [0.2, 0.25) is 0 Å². The van der Waals surface area contributed by atoms with Gasteiger partial charge >= 0.3 is 5.97 Å². The minimum absolute atomic E-state index is 0.0391. The van der Waals surface area contributed by atoms with Crippen molar-refractivity contribution in [3.8, 4) is 11.5 Å². The molecule has 7 heteroatoms. The van der Waals surface area contributed by atoms with Gasteiger partial charge in [0.25, 0.3) is 11.8 Å². The normalized spacial score (nSPS) is 17.5. The lowest BCUT2D eigenvalue weighted by Gasteiger charge is -2.24. The van der Waals surface area contributed by atoms with E-state index in [-0.39, 0.29) is 23.8 Å². The molecule has 0 bridgehead atoms. The van der Waals surface area contributed by atoms with E-state index >= 15 is 0 Å². The van der Waals surface area contributed by atoms with E-state index < -0.39 is 5.97 Å². The van der Waals surface area contributed by atoms with Gasteiger partial charge in [-0.15, -0.1) is 0 Å². The van der Waals surface area contributed by atoms with Gasteiger partial charge in [0.15, 0.2) is 5.82 Å². The van der Waals surface area contributed by atoms with Gasteiger partial charge in [-0.1, -0.05) is 38.1 Å². The van der Waals surface area contributed by atoms with Crippen molar-refractivity contribution in [2.75, 3.05) is 6.54 Å². The summed E-state index contributed by atoms with van der Waals surface area (Å²) in [6.45, 7) is 6.51. The number of carbonyl (C=O) groups is 2. The molecule has 1 unspecified atom stereocenters. The van der Waals surface area contributed by atoms with Crippen molar-refractivity contribution in [1.82, 2.24) is 15.0 Å². The molecule has 1 aliphatic heterocycles. The van der Waals surface area contributed by atoms with Gasteiger partial charge in [-0.05, 0) is 25.0 Å². The van der Waals surface area contributed by atoms with Gasteiger partial charge in [-0.2, -0.15) is 4.98 Å². The summed E-state index contributed by atoms with van der Waals surface area (Å²) in [5, 5.41) is 13.1. The zero-order chi connectivity index (χ0) is 18.9. The Morgan fingerprint density at radius 1 is 1.31 bits per heavy atom. The van der Waals surface area contributed by atoms with Gasteiger partial charge in [0, 0.05) is 18.0 Å². The third kappa shape index (κ3) is 3.61. The van der Waals surface area contributed by atoms with Crippen LogP contribution in [0.15, 0.2) is 28.8 Å². The summed E-state index contributed by atoms with van der Waals surface area (Å²) in [7, 11) is 0. The molecule has 2 aromatic rings. The maximum Gasteiger partial charge on any atom is 0.305 e. The van der Waals surface area contributed by atoms with Crippen LogP contribution in [0.5, 0.6) is 0 Å². The molecular formula is C19H23N3O4. The minimum atomic E-state index is -0.894. The van der Waals surface area contributed by atoms with E-state index in [4.69, 9.17) is 9.63 Å². The van der Waals surface area contributed by atoms with Crippen LogP contribution in [0.1, 0.15) is 56.2 Å². The van der Waals surface area contributed by atoms with E-state index in [0.717, 1.165) is 6.42 Å². The summed E-state index contributed by atoms with van der Waals surface area (Å²) >= 11 is 0. The van der Waals surface area contributed by atoms with Crippen molar-refractivity contribution in [2.24, 2.45) is 0 Å². The Hall–Kier alpha value is -2.70. The van der Waals surface area contributed by atoms with E-state index in [1.165, 1.54) is 0 Å². The number of carbonyl (C=O) groups excluding carboxylic acids is 1. The second kappa shape index (κ2) is 6.90. The van der Waals surface area contributed by atoms with Crippen LogP contribution >= 0.6 is 0 Å². The first-order valence-corrected chi connectivity index (χ1v) is 8.73. The predicted octanol–water partition coefficient (Wildman–Crippen LogP) is 3.11. The van der Waals surface area contributed by atoms with Crippen molar-refractivity contribution in [1.29, 1.82) is 0 Å². The van der Waals surface area contributed by atoms with Crippen LogP contribution in [0.3, 0.4) is 0 Å². The molecule has 1 aliphatic rings. The Bertz CT molecular complexity index is 822. The van der Waals surface area contributed by atoms with E-state index in [9.17, 15) is 9.59 Å². The third-order valence-electron chi connectivity index (χ3n) is 4.53. The SMILES string of the molecule is CC(C)(C)c1noc(-c2ccccc2C(=O)N2CCCC2CC(=O)O)n1. The van der Waals surface area contributed by atoms with Crippen molar-refractivity contribution >= 4 is 11.9 Å². The number of amides is 1. The lowest BCUT2D eigenvalue weighted by molar-refractivity contribution is -0.137. The van der Waals surface area contributed by atoms with Crippen molar-refractivity contribution in [3.05, 3.63) is 35.7 Å². The Morgan fingerprint density at radius 3 is 2.69 bits per heavy atom. The quantitative estimate of drug-likeness (QED) is 0.903. The molecule has 2 heterocycles. The Labute approximate surface area is 152 Å². The molecule has 0 aliphatic carbocycles. The summed E-state index contributed by atoms with van der Waals surface area (Å²) < 4.78 is 5.40. The van der Waals surface area contributed by atoms with Gasteiger partial charge in [-0.25, -0.2) is 0 Å². The summed E-state index contributed by atoms with van der Waals surface area (Å²) in [5.74, 6) is -0.220. The Kier molecular flexibility index (Phi) is 4.80. The zero-order valence-electron chi connectivity index (χ0n) is 15.2. The summed E-state index contributed by atoms with van der Waals surface area (Å²) in [6.07, 6.45) is 1.47. The number of carboxylic acids is 1. The van der Waals surface area contributed by atoms with Gasteiger partial charge in [0.05, 0.1) is 17.5 Å². The van der Waals surface area contributed by atoms with Crippen molar-refractivity contribution < 1.29 is 19.2 Å². The molecule has 1 N–H and O–H groups in total. The molecule has 26 heavy (non-hydrogen) atoms. The van der Waals surface area contributed by atoms with Gasteiger partial charge in [0.1, 0.15) is 0 Å². The van der Waals surface area contributed by atoms with Crippen LogP contribution in [0.25, 0.3) is 11.5 Å². The molecule has 1 saturated heterocycles. The van der Waals surface area contributed by atoms with E-state index in [2.05, 4.69) is 10.1 Å². The molecule has 1 aromatic carbocycles. The van der Waals surface area contributed by atoms with Crippen molar-refractivity contribution in [3.63, 3.8) is 0 Å². The van der Waals surface area contributed by atoms with E-state index in [0.29, 0.717) is 35.8 Å². The first-order valence-electron chi connectivity index (χ1n) is 8.73. The molecule has 0 saturated carbocycles. The van der Waals surface area contributed by atoms with E-state index in [1.807, 2.05) is 26.8 Å². The molecule has 0 radical (unpaired) electrons. The molecule has 0 spiro atoms. The number of nitrogens with zero attached hydrogens (tertiary/aromatic N) is 3. The molecular weight excluding hydrogens is 334 g/mol. The smallest absolute Gasteiger partial charge is 0.305 e. The van der Waals surface area contributed by atoms with Crippen molar-refractivity contribution in [2.45, 2.75) is 51.5 Å². The monoisotopic (exact) mass is 357 g/mol. The van der Waals surface area contributed by atoms with Crippen LogP contribution in [0.4, 0.5) is 0 Å². The zero-order valence-corrected chi connectivity index (χ0v) is 15.2. The minimum Gasteiger partial charge on any atom is -0.481 e. The summed E-state index contributed by atoms with van der Waals surface area (Å²) in [4.78, 5) is 30.2. The maximum atomic E-state index is 13.1. The molecule has 1 atom stereocenters. The van der Waals surface area contributed by atoms with Gasteiger partial charge < -0.3 is 14.5 Å². The molecule has 138 valence electrons. The number of rotatable bonds is 4.